The van der Waals surface area contributed by atoms with Crippen LogP contribution in [0.25, 0.3) is 0 Å². The number of carboxylic acid groups (broad SMARTS) is 1. The smallest absolute Gasteiger partial charge is 0.450 e. The molecule has 2 aliphatic rings. The van der Waals surface area contributed by atoms with E-state index in [1.54, 1.807) is 11.8 Å². The van der Waals surface area contributed by atoms with Crippen molar-refractivity contribution in [1.82, 2.24) is 5.32 Å². The van der Waals surface area contributed by atoms with E-state index in [9.17, 15) is 4.79 Å². The molecular formula is C8H13NO4S. The summed E-state index contributed by atoms with van der Waals surface area (Å²) in [4.78, 5) is 10.3. The van der Waals surface area contributed by atoms with Crippen LogP contribution in [-0.4, -0.2) is 41.3 Å². The highest BCUT2D eigenvalue weighted by Crippen LogP contribution is 2.38. The van der Waals surface area contributed by atoms with Crippen LogP contribution >= 0.6 is 11.8 Å². The van der Waals surface area contributed by atoms with Crippen molar-refractivity contribution in [2.24, 2.45) is 0 Å². The molecule has 14 heavy (non-hydrogen) atoms. The maximum atomic E-state index is 10.3. The van der Waals surface area contributed by atoms with Gasteiger partial charge < -0.3 is 14.6 Å². The van der Waals surface area contributed by atoms with Gasteiger partial charge in [0.05, 0.1) is 4.87 Å². The van der Waals surface area contributed by atoms with Gasteiger partial charge in [-0.05, 0) is 12.8 Å². The lowest BCUT2D eigenvalue weighted by Crippen LogP contribution is -2.46. The lowest BCUT2D eigenvalue weighted by molar-refractivity contribution is 0.0240. The van der Waals surface area contributed by atoms with Crippen molar-refractivity contribution >= 4 is 17.9 Å². The zero-order valence-corrected chi connectivity index (χ0v) is 8.51. The first kappa shape index (κ1) is 10.1. The molecule has 0 aromatic rings. The molecule has 5 nitrogen and oxygen atoms in total. The third kappa shape index (κ3) is 2.13. The first-order valence-electron chi connectivity index (χ1n) is 4.59. The number of hydrogen-bond donors (Lipinski definition) is 2. The molecule has 0 aromatic carbocycles. The summed E-state index contributed by atoms with van der Waals surface area (Å²) in [5.74, 6) is 0.687. The molecule has 2 aliphatic heterocycles. The minimum Gasteiger partial charge on any atom is -0.450 e. The molecule has 1 atom stereocenters. The van der Waals surface area contributed by atoms with Crippen LogP contribution < -0.4 is 5.32 Å². The van der Waals surface area contributed by atoms with Crippen molar-refractivity contribution in [1.29, 1.82) is 0 Å². The molecule has 6 heteroatoms. The first-order chi connectivity index (χ1) is 6.70. The van der Waals surface area contributed by atoms with Crippen molar-refractivity contribution in [3.8, 4) is 0 Å². The molecular weight excluding hydrogens is 206 g/mol. The monoisotopic (exact) mass is 219 g/mol. The van der Waals surface area contributed by atoms with Gasteiger partial charge in [0.2, 0.25) is 0 Å². The molecule has 0 unspecified atom stereocenters. The Morgan fingerprint density at radius 1 is 1.57 bits per heavy atom. The van der Waals surface area contributed by atoms with E-state index in [2.05, 4.69) is 10.1 Å². The second-order valence-electron chi connectivity index (χ2n) is 3.43. The van der Waals surface area contributed by atoms with Crippen molar-refractivity contribution in [3.05, 3.63) is 0 Å². The predicted octanol–water partition coefficient (Wildman–Crippen LogP) is 0.850. The summed E-state index contributed by atoms with van der Waals surface area (Å²) >= 11 is 1.74. The fraction of sp³-hybridized carbons (Fsp3) is 0.875. The third-order valence-corrected chi connectivity index (χ3v) is 4.03. The molecule has 0 radical (unpaired) electrons. The highest BCUT2D eigenvalue weighted by Gasteiger charge is 2.41. The number of rotatable bonds is 1. The third-order valence-electron chi connectivity index (χ3n) is 2.48. The zero-order chi connectivity index (χ0) is 10.0. The van der Waals surface area contributed by atoms with E-state index in [4.69, 9.17) is 9.84 Å². The molecule has 2 heterocycles. The second kappa shape index (κ2) is 3.96. The summed E-state index contributed by atoms with van der Waals surface area (Å²) < 4.78 is 9.94. The molecule has 2 fully saturated rings. The maximum Gasteiger partial charge on any atom is 0.507 e. The Labute approximate surface area is 86.1 Å². The van der Waals surface area contributed by atoms with Gasteiger partial charge in [0.1, 0.15) is 0 Å². The summed E-state index contributed by atoms with van der Waals surface area (Å²) in [6.07, 6.45) is 0.247. The standard InChI is InChI=1S/C8H13NO4S/c10-7(11)13-6-5-14-8(9-6)1-3-12-4-2-8/h6,9H,1-5H2,(H,10,11)/t6-/m1/s1. The number of carbonyl (C=O) groups is 1. The van der Waals surface area contributed by atoms with Crippen molar-refractivity contribution in [2.75, 3.05) is 19.0 Å². The molecule has 80 valence electrons. The van der Waals surface area contributed by atoms with Crippen LogP contribution in [0.15, 0.2) is 0 Å². The number of hydrogen-bond acceptors (Lipinski definition) is 5. The van der Waals surface area contributed by atoms with Gasteiger partial charge in [0.25, 0.3) is 0 Å². The fourth-order valence-electron chi connectivity index (χ4n) is 1.79. The van der Waals surface area contributed by atoms with Gasteiger partial charge >= 0.3 is 6.16 Å². The quantitative estimate of drug-likeness (QED) is 0.637. The van der Waals surface area contributed by atoms with E-state index in [0.29, 0.717) is 5.75 Å². The van der Waals surface area contributed by atoms with Gasteiger partial charge in [-0.3, -0.25) is 5.32 Å². The Morgan fingerprint density at radius 3 is 2.93 bits per heavy atom. The van der Waals surface area contributed by atoms with Crippen molar-refractivity contribution in [2.45, 2.75) is 23.9 Å². The predicted molar refractivity (Wildman–Crippen MR) is 51.3 cm³/mol. The van der Waals surface area contributed by atoms with E-state index in [-0.39, 0.29) is 11.1 Å². The second-order valence-corrected chi connectivity index (χ2v) is 4.84. The molecule has 0 aliphatic carbocycles. The van der Waals surface area contributed by atoms with Crippen LogP contribution in [0.4, 0.5) is 4.79 Å². The van der Waals surface area contributed by atoms with Gasteiger partial charge in [0.15, 0.2) is 6.23 Å². The van der Waals surface area contributed by atoms with Gasteiger partial charge in [0, 0.05) is 19.0 Å². The number of thioether (sulfide) groups is 1. The average Bonchev–Trinajstić information content (AvgIpc) is 2.49. The van der Waals surface area contributed by atoms with Crippen LogP contribution in [0.2, 0.25) is 0 Å². The van der Waals surface area contributed by atoms with E-state index in [1.807, 2.05) is 0 Å². The zero-order valence-electron chi connectivity index (χ0n) is 7.69. The van der Waals surface area contributed by atoms with Gasteiger partial charge in [-0.1, -0.05) is 0 Å². The van der Waals surface area contributed by atoms with Crippen LogP contribution in [0.5, 0.6) is 0 Å². The van der Waals surface area contributed by atoms with E-state index >= 15 is 0 Å². The van der Waals surface area contributed by atoms with E-state index in [1.165, 1.54) is 0 Å². The normalized spacial score (nSPS) is 30.4. The Morgan fingerprint density at radius 2 is 2.29 bits per heavy atom. The van der Waals surface area contributed by atoms with Crippen LogP contribution in [0.1, 0.15) is 12.8 Å². The molecule has 0 bridgehead atoms. The summed E-state index contributed by atoms with van der Waals surface area (Å²) in [7, 11) is 0. The highest BCUT2D eigenvalue weighted by molar-refractivity contribution is 8.00. The number of ether oxygens (including phenoxy) is 2. The molecule has 1 spiro atoms. The minimum atomic E-state index is -1.22. The average molecular weight is 219 g/mol. The molecule has 0 aromatic heterocycles. The summed E-state index contributed by atoms with van der Waals surface area (Å²) in [5.41, 5.74) is 0. The molecule has 0 saturated carbocycles. The van der Waals surface area contributed by atoms with E-state index in [0.717, 1.165) is 26.1 Å². The summed E-state index contributed by atoms with van der Waals surface area (Å²) in [5, 5.41) is 11.7. The van der Waals surface area contributed by atoms with Gasteiger partial charge in [-0.25, -0.2) is 4.79 Å². The Balaban J connectivity index is 1.89. The SMILES string of the molecule is O=C(O)O[C@@H]1CSC2(CCOCC2)N1. The Bertz CT molecular complexity index is 229. The molecule has 2 rings (SSSR count). The highest BCUT2D eigenvalue weighted by atomic mass is 32.2. The van der Waals surface area contributed by atoms with Crippen molar-refractivity contribution in [3.63, 3.8) is 0 Å². The fourth-order valence-corrected chi connectivity index (χ4v) is 3.08. The molecule has 2 saturated heterocycles. The largest absolute Gasteiger partial charge is 0.507 e. The Hall–Kier alpha value is -0.460. The summed E-state index contributed by atoms with van der Waals surface area (Å²) in [6.45, 7) is 1.47. The van der Waals surface area contributed by atoms with Crippen LogP contribution in [0, 0.1) is 0 Å². The first-order valence-corrected chi connectivity index (χ1v) is 5.58. The number of nitrogens with one attached hydrogen (secondary N) is 1. The summed E-state index contributed by atoms with van der Waals surface area (Å²) in [6, 6.07) is 0. The lowest BCUT2D eigenvalue weighted by atomic mass is 10.1. The van der Waals surface area contributed by atoms with E-state index < -0.39 is 6.16 Å². The van der Waals surface area contributed by atoms with Crippen LogP contribution in [-0.2, 0) is 9.47 Å². The lowest BCUT2D eigenvalue weighted by Gasteiger charge is -2.32. The molecule has 0 amide bonds. The van der Waals surface area contributed by atoms with Gasteiger partial charge in [-0.2, -0.15) is 0 Å². The minimum absolute atomic E-state index is 0.0155. The maximum absolute atomic E-state index is 10.3. The van der Waals surface area contributed by atoms with Gasteiger partial charge in [-0.15, -0.1) is 11.8 Å². The topological polar surface area (TPSA) is 67.8 Å². The van der Waals surface area contributed by atoms with Crippen LogP contribution in [0.3, 0.4) is 0 Å². The Kier molecular flexibility index (Phi) is 2.85. The van der Waals surface area contributed by atoms with Crippen molar-refractivity contribution < 1.29 is 19.4 Å². The molecule has 2 N–H and O–H groups in total.